The van der Waals surface area contributed by atoms with Crippen LogP contribution >= 0.6 is 0 Å². The number of methoxy groups -OCH3 is 1. The molecule has 0 radical (unpaired) electrons. The monoisotopic (exact) mass is 301 g/mol. The summed E-state index contributed by atoms with van der Waals surface area (Å²) in [4.78, 5) is 1.92. The highest BCUT2D eigenvalue weighted by Gasteiger charge is 2.36. The highest BCUT2D eigenvalue weighted by atomic mass is 19.1. The van der Waals surface area contributed by atoms with Crippen molar-refractivity contribution >= 4 is 5.69 Å². The summed E-state index contributed by atoms with van der Waals surface area (Å²) in [5.41, 5.74) is 1.63. The van der Waals surface area contributed by atoms with E-state index in [2.05, 4.69) is 10.3 Å². The largest absolute Gasteiger partial charge is 0.379 e. The molecule has 0 unspecified atom stereocenters. The zero-order valence-corrected chi connectivity index (χ0v) is 12.4. The van der Waals surface area contributed by atoms with E-state index in [-0.39, 0.29) is 12.0 Å². The van der Waals surface area contributed by atoms with Gasteiger partial charge in [-0.05, 0) is 18.2 Å². The fraction of sp³-hybridized carbons (Fsp3) is 0.400. The van der Waals surface area contributed by atoms with Gasteiger partial charge in [-0.1, -0.05) is 5.21 Å². The predicted octanol–water partition coefficient (Wildman–Crippen LogP) is 1.44. The van der Waals surface area contributed by atoms with Gasteiger partial charge < -0.3 is 9.64 Å². The lowest BCUT2D eigenvalue weighted by Gasteiger charge is -2.18. The molecule has 6 nitrogen and oxygen atoms in total. The van der Waals surface area contributed by atoms with Gasteiger partial charge in [0.1, 0.15) is 5.82 Å². The second-order valence-electron chi connectivity index (χ2n) is 5.38. The molecule has 3 rings (SSSR count). The molecule has 1 aromatic carbocycles. The van der Waals surface area contributed by atoms with Crippen LogP contribution in [0.25, 0.3) is 0 Å². The van der Waals surface area contributed by atoms with Crippen molar-refractivity contribution in [2.75, 3.05) is 25.1 Å². The summed E-state index contributed by atoms with van der Waals surface area (Å²) < 4.78 is 21.4. The van der Waals surface area contributed by atoms with Crippen molar-refractivity contribution in [3.63, 3.8) is 0 Å². The summed E-state index contributed by atoms with van der Waals surface area (Å²) in [5.74, 6) is -0.359. The third kappa shape index (κ3) is 2.53. The van der Waals surface area contributed by atoms with Crippen LogP contribution in [0.15, 0.2) is 24.4 Å². The molecule has 1 saturated heterocycles. The van der Waals surface area contributed by atoms with Crippen LogP contribution in [-0.2, 0) is 11.8 Å². The molecule has 0 aliphatic carbocycles. The molecule has 0 amide bonds. The average Bonchev–Trinajstić information content (AvgIpc) is 3.12. The van der Waals surface area contributed by atoms with E-state index in [9.17, 15) is 4.39 Å². The number of aromatic nitrogens is 3. The van der Waals surface area contributed by atoms with Gasteiger partial charge >= 0.3 is 0 Å². The minimum Gasteiger partial charge on any atom is -0.379 e. The minimum absolute atomic E-state index is 0.0359. The lowest BCUT2D eigenvalue weighted by atomic mass is 10.0. The van der Waals surface area contributed by atoms with Crippen LogP contribution in [0.2, 0.25) is 0 Å². The normalized spacial score (nSPS) is 21.1. The Labute approximate surface area is 127 Å². The van der Waals surface area contributed by atoms with Crippen LogP contribution in [0.3, 0.4) is 0 Å². The molecule has 0 bridgehead atoms. The number of rotatable bonds is 3. The van der Waals surface area contributed by atoms with Gasteiger partial charge in [0.15, 0.2) is 0 Å². The molecule has 7 heteroatoms. The van der Waals surface area contributed by atoms with Crippen LogP contribution in [0, 0.1) is 17.1 Å². The fourth-order valence-corrected chi connectivity index (χ4v) is 2.86. The third-order valence-electron chi connectivity index (χ3n) is 3.99. The summed E-state index contributed by atoms with van der Waals surface area (Å²) in [5, 5.41) is 16.9. The van der Waals surface area contributed by atoms with Crippen molar-refractivity contribution in [2.24, 2.45) is 7.05 Å². The first-order chi connectivity index (χ1) is 10.6. The zero-order chi connectivity index (χ0) is 15.7. The highest BCUT2D eigenvalue weighted by molar-refractivity contribution is 5.53. The number of ether oxygens (including phenoxy) is 1. The molecule has 0 N–H and O–H groups in total. The second-order valence-corrected chi connectivity index (χ2v) is 5.38. The van der Waals surface area contributed by atoms with Gasteiger partial charge in [0.2, 0.25) is 0 Å². The lowest BCUT2D eigenvalue weighted by Crippen LogP contribution is -2.23. The zero-order valence-electron chi connectivity index (χ0n) is 12.4. The third-order valence-corrected chi connectivity index (χ3v) is 3.99. The molecule has 0 saturated carbocycles. The van der Waals surface area contributed by atoms with E-state index in [0.717, 1.165) is 5.69 Å². The van der Waals surface area contributed by atoms with E-state index in [1.807, 2.05) is 24.2 Å². The van der Waals surface area contributed by atoms with Crippen LogP contribution in [0.5, 0.6) is 0 Å². The number of nitriles is 1. The Kier molecular flexibility index (Phi) is 3.77. The Morgan fingerprint density at radius 3 is 2.82 bits per heavy atom. The Morgan fingerprint density at radius 1 is 1.41 bits per heavy atom. The van der Waals surface area contributed by atoms with Gasteiger partial charge in [0.25, 0.3) is 0 Å². The molecular formula is C15H16FN5O. The van der Waals surface area contributed by atoms with Crippen LogP contribution in [-0.4, -0.2) is 41.3 Å². The van der Waals surface area contributed by atoms with Gasteiger partial charge in [0.05, 0.1) is 35.0 Å². The average molecular weight is 301 g/mol. The van der Waals surface area contributed by atoms with Crippen LogP contribution in [0.4, 0.5) is 10.1 Å². The SMILES string of the molecule is CO[C@@H]1CN(c2ccc(C#N)cc2F)C[C@H]1c1cn(C)nn1. The van der Waals surface area contributed by atoms with Gasteiger partial charge in [-0.15, -0.1) is 5.10 Å². The fourth-order valence-electron chi connectivity index (χ4n) is 2.86. The van der Waals surface area contributed by atoms with Crippen molar-refractivity contribution < 1.29 is 9.13 Å². The van der Waals surface area contributed by atoms with E-state index in [1.54, 1.807) is 23.9 Å². The maximum absolute atomic E-state index is 14.2. The molecule has 1 aliphatic rings. The summed E-state index contributed by atoms with van der Waals surface area (Å²) >= 11 is 0. The number of halogens is 1. The number of nitrogens with zero attached hydrogens (tertiary/aromatic N) is 5. The van der Waals surface area contributed by atoms with Gasteiger partial charge in [0, 0.05) is 33.4 Å². The second kappa shape index (κ2) is 5.73. The highest BCUT2D eigenvalue weighted by Crippen LogP contribution is 2.33. The van der Waals surface area contributed by atoms with E-state index in [0.29, 0.717) is 24.3 Å². The van der Waals surface area contributed by atoms with E-state index in [4.69, 9.17) is 10.00 Å². The first-order valence-corrected chi connectivity index (χ1v) is 6.96. The number of anilines is 1. The molecule has 22 heavy (non-hydrogen) atoms. The van der Waals surface area contributed by atoms with Gasteiger partial charge in [-0.2, -0.15) is 5.26 Å². The predicted molar refractivity (Wildman–Crippen MR) is 77.9 cm³/mol. The van der Waals surface area contributed by atoms with Crippen LogP contribution < -0.4 is 4.90 Å². The topological polar surface area (TPSA) is 67.0 Å². The molecule has 2 atom stereocenters. The van der Waals surface area contributed by atoms with Crippen molar-refractivity contribution in [3.05, 3.63) is 41.5 Å². The molecule has 1 aromatic heterocycles. The number of hydrogen-bond donors (Lipinski definition) is 0. The minimum atomic E-state index is -0.395. The molecular weight excluding hydrogens is 285 g/mol. The maximum atomic E-state index is 14.2. The molecule has 1 aliphatic heterocycles. The molecule has 2 heterocycles. The van der Waals surface area contributed by atoms with E-state index in [1.165, 1.54) is 6.07 Å². The molecule has 1 fully saturated rings. The Bertz CT molecular complexity index is 723. The van der Waals surface area contributed by atoms with Crippen molar-refractivity contribution in [3.8, 4) is 6.07 Å². The number of hydrogen-bond acceptors (Lipinski definition) is 5. The summed E-state index contributed by atoms with van der Waals surface area (Å²) in [7, 11) is 3.46. The summed E-state index contributed by atoms with van der Waals surface area (Å²) in [6.45, 7) is 1.17. The molecule has 2 aromatic rings. The Morgan fingerprint density at radius 2 is 2.23 bits per heavy atom. The van der Waals surface area contributed by atoms with E-state index < -0.39 is 5.82 Å². The van der Waals surface area contributed by atoms with Crippen molar-refractivity contribution in [2.45, 2.75) is 12.0 Å². The summed E-state index contributed by atoms with van der Waals surface area (Å²) in [6, 6.07) is 6.45. The number of aryl methyl sites for hydroxylation is 1. The first-order valence-electron chi connectivity index (χ1n) is 6.96. The standard InChI is InChI=1S/C15H16FN5O/c1-20-8-13(18-19-20)11-7-21(9-15(11)22-2)14-4-3-10(6-17)5-12(14)16/h3-5,8,11,15H,7,9H2,1-2H3/t11-,15+/m0/s1. The van der Waals surface area contributed by atoms with Crippen molar-refractivity contribution in [1.29, 1.82) is 5.26 Å². The summed E-state index contributed by atoms with van der Waals surface area (Å²) in [6.07, 6.45) is 1.78. The quantitative estimate of drug-likeness (QED) is 0.858. The van der Waals surface area contributed by atoms with E-state index >= 15 is 0 Å². The van der Waals surface area contributed by atoms with Crippen LogP contribution in [0.1, 0.15) is 17.2 Å². The Hall–Kier alpha value is -2.46. The van der Waals surface area contributed by atoms with Gasteiger partial charge in [-0.25, -0.2) is 4.39 Å². The van der Waals surface area contributed by atoms with Crippen molar-refractivity contribution in [1.82, 2.24) is 15.0 Å². The smallest absolute Gasteiger partial charge is 0.147 e. The maximum Gasteiger partial charge on any atom is 0.147 e. The Balaban J connectivity index is 1.87. The lowest BCUT2D eigenvalue weighted by molar-refractivity contribution is 0.105. The molecule has 114 valence electrons. The van der Waals surface area contributed by atoms with Gasteiger partial charge in [-0.3, -0.25) is 4.68 Å². The first kappa shape index (κ1) is 14.5. The number of benzene rings is 1. The molecule has 0 spiro atoms.